The molecule has 0 aliphatic heterocycles. The number of aliphatic hydroxyl groups excluding tert-OH is 1. The van der Waals surface area contributed by atoms with E-state index in [4.69, 9.17) is 5.11 Å². The standard InChI is InChI=1S/C9H20N2O2S/c1-7(6-14-3)11-9(13)10-5-4-8(2)12/h7-8,12H,4-6H2,1-3H3,(H2,10,11,13). The van der Waals surface area contributed by atoms with Crippen LogP contribution in [0.5, 0.6) is 0 Å². The van der Waals surface area contributed by atoms with Crippen LogP contribution in [0.1, 0.15) is 20.3 Å². The van der Waals surface area contributed by atoms with E-state index < -0.39 is 0 Å². The first-order valence-corrected chi connectivity index (χ1v) is 6.17. The van der Waals surface area contributed by atoms with Crippen LogP contribution in [0.3, 0.4) is 0 Å². The molecule has 0 saturated carbocycles. The van der Waals surface area contributed by atoms with E-state index >= 15 is 0 Å². The van der Waals surface area contributed by atoms with E-state index in [0.717, 1.165) is 5.75 Å². The summed E-state index contributed by atoms with van der Waals surface area (Å²) in [5, 5.41) is 14.4. The van der Waals surface area contributed by atoms with Crippen LogP contribution in [0.4, 0.5) is 4.79 Å². The topological polar surface area (TPSA) is 61.4 Å². The summed E-state index contributed by atoms with van der Waals surface area (Å²) >= 11 is 1.70. The Morgan fingerprint density at radius 2 is 2.14 bits per heavy atom. The van der Waals surface area contributed by atoms with Crippen molar-refractivity contribution in [2.75, 3.05) is 18.6 Å². The second kappa shape index (κ2) is 7.94. The van der Waals surface area contributed by atoms with Crippen LogP contribution in [0.25, 0.3) is 0 Å². The Kier molecular flexibility index (Phi) is 7.70. The summed E-state index contributed by atoms with van der Waals surface area (Å²) in [6.07, 6.45) is 2.23. The van der Waals surface area contributed by atoms with E-state index in [1.54, 1.807) is 18.7 Å². The Balaban J connectivity index is 3.45. The first kappa shape index (κ1) is 13.6. The second-order valence-electron chi connectivity index (χ2n) is 3.39. The molecule has 2 amide bonds. The van der Waals surface area contributed by atoms with Gasteiger partial charge in [-0.1, -0.05) is 0 Å². The maximum Gasteiger partial charge on any atom is 0.315 e. The predicted molar refractivity (Wildman–Crippen MR) is 60.7 cm³/mol. The van der Waals surface area contributed by atoms with Crippen LogP contribution < -0.4 is 10.6 Å². The third-order valence-electron chi connectivity index (χ3n) is 1.64. The molecule has 0 spiro atoms. The van der Waals surface area contributed by atoms with Crippen molar-refractivity contribution in [3.05, 3.63) is 0 Å². The molecular formula is C9H20N2O2S. The van der Waals surface area contributed by atoms with Crippen LogP contribution in [-0.2, 0) is 0 Å². The molecule has 5 heteroatoms. The lowest BCUT2D eigenvalue weighted by molar-refractivity contribution is 0.183. The molecule has 14 heavy (non-hydrogen) atoms. The van der Waals surface area contributed by atoms with Crippen molar-refractivity contribution < 1.29 is 9.90 Å². The molecule has 0 radical (unpaired) electrons. The maximum atomic E-state index is 11.2. The molecule has 0 aromatic carbocycles. The molecule has 0 bridgehead atoms. The molecular weight excluding hydrogens is 200 g/mol. The highest BCUT2D eigenvalue weighted by Crippen LogP contribution is 1.95. The predicted octanol–water partition coefficient (Wildman–Crippen LogP) is 0.808. The Bertz CT molecular complexity index is 165. The van der Waals surface area contributed by atoms with Gasteiger partial charge < -0.3 is 15.7 Å². The lowest BCUT2D eigenvalue weighted by Crippen LogP contribution is -2.42. The molecule has 2 unspecified atom stereocenters. The number of hydrogen-bond acceptors (Lipinski definition) is 3. The molecule has 0 fully saturated rings. The minimum atomic E-state index is -0.362. The fourth-order valence-electron chi connectivity index (χ4n) is 0.961. The van der Waals surface area contributed by atoms with Gasteiger partial charge in [0, 0.05) is 18.3 Å². The van der Waals surface area contributed by atoms with Gasteiger partial charge in [0.1, 0.15) is 0 Å². The van der Waals surface area contributed by atoms with E-state index in [0.29, 0.717) is 13.0 Å². The van der Waals surface area contributed by atoms with Crippen molar-refractivity contribution in [3.8, 4) is 0 Å². The van der Waals surface area contributed by atoms with Crippen LogP contribution >= 0.6 is 11.8 Å². The van der Waals surface area contributed by atoms with Crippen LogP contribution in [-0.4, -0.2) is 41.8 Å². The lowest BCUT2D eigenvalue weighted by atomic mass is 10.3. The average molecular weight is 220 g/mol. The highest BCUT2D eigenvalue weighted by Gasteiger charge is 2.05. The molecule has 0 heterocycles. The quantitative estimate of drug-likeness (QED) is 0.621. The number of nitrogens with one attached hydrogen (secondary N) is 2. The Hall–Kier alpha value is -0.420. The van der Waals surface area contributed by atoms with E-state index in [-0.39, 0.29) is 18.2 Å². The summed E-state index contributed by atoms with van der Waals surface area (Å²) in [5.41, 5.74) is 0. The van der Waals surface area contributed by atoms with Crippen molar-refractivity contribution in [2.24, 2.45) is 0 Å². The number of rotatable bonds is 6. The van der Waals surface area contributed by atoms with Crippen molar-refractivity contribution in [3.63, 3.8) is 0 Å². The van der Waals surface area contributed by atoms with E-state index in [9.17, 15) is 4.79 Å². The molecule has 0 aromatic heterocycles. The van der Waals surface area contributed by atoms with Crippen molar-refractivity contribution in [2.45, 2.75) is 32.4 Å². The molecule has 84 valence electrons. The number of thioether (sulfide) groups is 1. The molecule has 3 N–H and O–H groups in total. The number of aliphatic hydroxyl groups is 1. The van der Waals surface area contributed by atoms with Gasteiger partial charge in [0.2, 0.25) is 0 Å². The molecule has 4 nitrogen and oxygen atoms in total. The van der Waals surface area contributed by atoms with Gasteiger partial charge in [0.25, 0.3) is 0 Å². The fraction of sp³-hybridized carbons (Fsp3) is 0.889. The minimum absolute atomic E-state index is 0.160. The van der Waals surface area contributed by atoms with Gasteiger partial charge in [-0.2, -0.15) is 11.8 Å². The zero-order chi connectivity index (χ0) is 11.0. The van der Waals surface area contributed by atoms with Crippen LogP contribution in [0.2, 0.25) is 0 Å². The normalized spacial score (nSPS) is 14.6. The molecule has 0 aromatic rings. The third-order valence-corrected chi connectivity index (χ3v) is 2.48. The Morgan fingerprint density at radius 3 is 2.64 bits per heavy atom. The van der Waals surface area contributed by atoms with Gasteiger partial charge in [0.15, 0.2) is 0 Å². The average Bonchev–Trinajstić information content (AvgIpc) is 2.03. The third kappa shape index (κ3) is 8.19. The van der Waals surface area contributed by atoms with E-state index in [1.807, 2.05) is 13.2 Å². The fourth-order valence-corrected chi connectivity index (χ4v) is 1.54. The van der Waals surface area contributed by atoms with Gasteiger partial charge in [-0.3, -0.25) is 0 Å². The first-order chi connectivity index (χ1) is 6.56. The lowest BCUT2D eigenvalue weighted by Gasteiger charge is -2.13. The smallest absolute Gasteiger partial charge is 0.315 e. The number of carbonyl (C=O) groups excluding carboxylic acids is 1. The van der Waals surface area contributed by atoms with Gasteiger partial charge in [-0.05, 0) is 26.5 Å². The number of urea groups is 1. The van der Waals surface area contributed by atoms with Gasteiger partial charge in [0.05, 0.1) is 6.10 Å². The van der Waals surface area contributed by atoms with Gasteiger partial charge in [-0.25, -0.2) is 4.79 Å². The molecule has 0 saturated heterocycles. The summed E-state index contributed by atoms with van der Waals surface area (Å²) in [7, 11) is 0. The highest BCUT2D eigenvalue weighted by molar-refractivity contribution is 7.98. The van der Waals surface area contributed by atoms with Crippen molar-refractivity contribution in [1.29, 1.82) is 0 Å². The Labute approximate surface area is 89.8 Å². The summed E-state index contributed by atoms with van der Waals surface area (Å²) in [5.74, 6) is 0.907. The SMILES string of the molecule is CSCC(C)NC(=O)NCCC(C)O. The van der Waals surface area contributed by atoms with Crippen molar-refractivity contribution in [1.82, 2.24) is 10.6 Å². The molecule has 2 atom stereocenters. The van der Waals surface area contributed by atoms with Crippen LogP contribution in [0.15, 0.2) is 0 Å². The largest absolute Gasteiger partial charge is 0.393 e. The second-order valence-corrected chi connectivity index (χ2v) is 4.31. The molecule has 0 aliphatic rings. The van der Waals surface area contributed by atoms with Crippen molar-refractivity contribution >= 4 is 17.8 Å². The zero-order valence-electron chi connectivity index (χ0n) is 9.04. The number of hydrogen-bond donors (Lipinski definition) is 3. The minimum Gasteiger partial charge on any atom is -0.393 e. The first-order valence-electron chi connectivity index (χ1n) is 4.77. The number of carbonyl (C=O) groups is 1. The zero-order valence-corrected chi connectivity index (χ0v) is 9.86. The molecule has 0 rings (SSSR count). The van der Waals surface area contributed by atoms with Gasteiger partial charge in [-0.15, -0.1) is 0 Å². The summed E-state index contributed by atoms with van der Waals surface area (Å²) < 4.78 is 0. The summed E-state index contributed by atoms with van der Waals surface area (Å²) in [6.45, 7) is 4.18. The number of amides is 2. The van der Waals surface area contributed by atoms with E-state index in [1.165, 1.54) is 0 Å². The van der Waals surface area contributed by atoms with Crippen LogP contribution in [0, 0.1) is 0 Å². The monoisotopic (exact) mass is 220 g/mol. The highest BCUT2D eigenvalue weighted by atomic mass is 32.2. The summed E-state index contributed by atoms with van der Waals surface area (Å²) in [4.78, 5) is 11.2. The Morgan fingerprint density at radius 1 is 1.50 bits per heavy atom. The molecule has 0 aliphatic carbocycles. The van der Waals surface area contributed by atoms with E-state index in [2.05, 4.69) is 10.6 Å². The summed E-state index contributed by atoms with van der Waals surface area (Å²) in [6, 6.07) is 0.0174. The maximum absolute atomic E-state index is 11.2. The van der Waals surface area contributed by atoms with Gasteiger partial charge >= 0.3 is 6.03 Å².